The molecule has 1 heterocycles. The summed E-state index contributed by atoms with van der Waals surface area (Å²) in [6, 6.07) is 5.76. The molecule has 4 heteroatoms. The molecule has 0 aromatic heterocycles. The third-order valence-corrected chi connectivity index (χ3v) is 2.72. The van der Waals surface area contributed by atoms with E-state index in [0.717, 1.165) is 6.42 Å². The number of aliphatic hydroxyl groups is 1. The van der Waals surface area contributed by atoms with Crippen LogP contribution in [0.5, 0.6) is 0 Å². The second-order valence-electron chi connectivity index (χ2n) is 3.60. The Hall–Kier alpha value is -1.42. The van der Waals surface area contributed by atoms with Crippen LogP contribution in [0.1, 0.15) is 16.8 Å². The maximum atomic E-state index is 13.3. The molecule has 1 aromatic carbocycles. The summed E-state index contributed by atoms with van der Waals surface area (Å²) >= 11 is 0. The SMILES string of the molecule is O=C(c1ccccc1F)N1CCC1CO. The molecule has 15 heavy (non-hydrogen) atoms. The molecule has 1 unspecified atom stereocenters. The monoisotopic (exact) mass is 209 g/mol. The number of hydrogen-bond acceptors (Lipinski definition) is 2. The van der Waals surface area contributed by atoms with Crippen LogP contribution in [0.3, 0.4) is 0 Å². The van der Waals surface area contributed by atoms with Gasteiger partial charge in [0, 0.05) is 6.54 Å². The fourth-order valence-electron chi connectivity index (χ4n) is 1.69. The average molecular weight is 209 g/mol. The Morgan fingerprint density at radius 2 is 2.27 bits per heavy atom. The average Bonchev–Trinajstić information content (AvgIpc) is 2.17. The molecule has 0 aliphatic carbocycles. The minimum atomic E-state index is -0.508. The molecule has 0 bridgehead atoms. The zero-order valence-electron chi connectivity index (χ0n) is 8.19. The van der Waals surface area contributed by atoms with E-state index in [1.54, 1.807) is 12.1 Å². The van der Waals surface area contributed by atoms with Gasteiger partial charge >= 0.3 is 0 Å². The zero-order chi connectivity index (χ0) is 10.8. The van der Waals surface area contributed by atoms with Crippen molar-refractivity contribution in [2.24, 2.45) is 0 Å². The van der Waals surface area contributed by atoms with Gasteiger partial charge in [0.2, 0.25) is 0 Å². The molecule has 1 N–H and O–H groups in total. The number of hydrogen-bond donors (Lipinski definition) is 1. The van der Waals surface area contributed by atoms with Crippen LogP contribution < -0.4 is 0 Å². The molecule has 2 rings (SSSR count). The second kappa shape index (κ2) is 3.98. The van der Waals surface area contributed by atoms with Gasteiger partial charge in [-0.2, -0.15) is 0 Å². The first-order valence-electron chi connectivity index (χ1n) is 4.90. The van der Waals surface area contributed by atoms with Gasteiger partial charge in [0.05, 0.1) is 18.2 Å². The minimum absolute atomic E-state index is 0.0554. The smallest absolute Gasteiger partial charge is 0.257 e. The Balaban J connectivity index is 2.18. The number of carbonyl (C=O) groups is 1. The molecule has 1 atom stereocenters. The van der Waals surface area contributed by atoms with Crippen molar-refractivity contribution in [1.82, 2.24) is 4.90 Å². The van der Waals surface area contributed by atoms with Gasteiger partial charge in [-0.05, 0) is 18.6 Å². The summed E-state index contributed by atoms with van der Waals surface area (Å²) in [6.07, 6.45) is 0.788. The highest BCUT2D eigenvalue weighted by Gasteiger charge is 2.32. The molecule has 1 amide bonds. The van der Waals surface area contributed by atoms with Crippen LogP contribution in [0.4, 0.5) is 4.39 Å². The van der Waals surface area contributed by atoms with Gasteiger partial charge in [-0.3, -0.25) is 4.79 Å². The van der Waals surface area contributed by atoms with Gasteiger partial charge in [-0.15, -0.1) is 0 Å². The number of likely N-dealkylation sites (tertiary alicyclic amines) is 1. The quantitative estimate of drug-likeness (QED) is 0.790. The summed E-state index contributed by atoms with van der Waals surface area (Å²) in [5, 5.41) is 8.93. The van der Waals surface area contributed by atoms with Crippen molar-refractivity contribution < 1.29 is 14.3 Å². The second-order valence-corrected chi connectivity index (χ2v) is 3.60. The number of nitrogens with zero attached hydrogens (tertiary/aromatic N) is 1. The lowest BCUT2D eigenvalue weighted by Gasteiger charge is -2.39. The summed E-state index contributed by atoms with van der Waals surface area (Å²) in [4.78, 5) is 13.3. The van der Waals surface area contributed by atoms with Crippen LogP contribution in [0.15, 0.2) is 24.3 Å². The molecule has 0 radical (unpaired) electrons. The summed E-state index contributed by atoms with van der Waals surface area (Å²) in [7, 11) is 0. The number of carbonyl (C=O) groups excluding carboxylic acids is 1. The van der Waals surface area contributed by atoms with Gasteiger partial charge < -0.3 is 10.0 Å². The van der Waals surface area contributed by atoms with E-state index in [-0.39, 0.29) is 24.1 Å². The molecule has 0 spiro atoms. The van der Waals surface area contributed by atoms with Crippen molar-refractivity contribution in [3.63, 3.8) is 0 Å². The third-order valence-electron chi connectivity index (χ3n) is 2.72. The van der Waals surface area contributed by atoms with E-state index in [9.17, 15) is 9.18 Å². The molecule has 1 aliphatic rings. The van der Waals surface area contributed by atoms with Crippen LogP contribution in [0.2, 0.25) is 0 Å². The first kappa shape index (κ1) is 10.1. The lowest BCUT2D eigenvalue weighted by atomic mass is 10.0. The van der Waals surface area contributed by atoms with Gasteiger partial charge in [0.15, 0.2) is 0 Å². The van der Waals surface area contributed by atoms with E-state index in [4.69, 9.17) is 5.11 Å². The van der Waals surface area contributed by atoms with Gasteiger partial charge in [-0.1, -0.05) is 12.1 Å². The first-order valence-corrected chi connectivity index (χ1v) is 4.90. The van der Waals surface area contributed by atoms with Crippen molar-refractivity contribution in [3.05, 3.63) is 35.6 Å². The molecular formula is C11H12FNO2. The zero-order valence-corrected chi connectivity index (χ0v) is 8.19. The van der Waals surface area contributed by atoms with Gasteiger partial charge in [-0.25, -0.2) is 4.39 Å². The fourth-order valence-corrected chi connectivity index (χ4v) is 1.69. The first-order chi connectivity index (χ1) is 7.24. The van der Waals surface area contributed by atoms with Crippen LogP contribution in [-0.2, 0) is 0 Å². The van der Waals surface area contributed by atoms with Crippen LogP contribution in [-0.4, -0.2) is 35.1 Å². The van der Waals surface area contributed by atoms with Crippen LogP contribution in [0.25, 0.3) is 0 Å². The topological polar surface area (TPSA) is 40.5 Å². The van der Waals surface area contributed by atoms with Crippen molar-refractivity contribution in [2.45, 2.75) is 12.5 Å². The standard InChI is InChI=1S/C11H12FNO2/c12-10-4-2-1-3-9(10)11(15)13-6-5-8(13)7-14/h1-4,8,14H,5-7H2. The predicted molar refractivity (Wildman–Crippen MR) is 52.9 cm³/mol. The maximum Gasteiger partial charge on any atom is 0.257 e. The Kier molecular flexibility index (Phi) is 2.68. The third kappa shape index (κ3) is 1.72. The minimum Gasteiger partial charge on any atom is -0.394 e. The summed E-state index contributed by atoms with van der Waals surface area (Å²) in [5.74, 6) is -0.843. The number of amides is 1. The van der Waals surface area contributed by atoms with Gasteiger partial charge in [0.1, 0.15) is 5.82 Å². The van der Waals surface area contributed by atoms with E-state index >= 15 is 0 Å². The maximum absolute atomic E-state index is 13.3. The molecule has 1 aliphatic heterocycles. The lowest BCUT2D eigenvalue weighted by Crippen LogP contribution is -2.53. The molecule has 1 aromatic rings. The van der Waals surface area contributed by atoms with Crippen molar-refractivity contribution in [3.8, 4) is 0 Å². The van der Waals surface area contributed by atoms with E-state index in [2.05, 4.69) is 0 Å². The van der Waals surface area contributed by atoms with E-state index < -0.39 is 5.82 Å². The molecule has 80 valence electrons. The molecule has 0 saturated carbocycles. The predicted octanol–water partition coefficient (Wildman–Crippen LogP) is 1.03. The normalized spacial score (nSPS) is 19.9. The molecule has 3 nitrogen and oxygen atoms in total. The Labute approximate surface area is 87.1 Å². The van der Waals surface area contributed by atoms with Crippen LogP contribution in [0, 0.1) is 5.82 Å². The van der Waals surface area contributed by atoms with E-state index in [0.29, 0.717) is 6.54 Å². The number of halogens is 1. The Morgan fingerprint density at radius 1 is 1.53 bits per heavy atom. The largest absolute Gasteiger partial charge is 0.394 e. The van der Waals surface area contributed by atoms with E-state index in [1.165, 1.54) is 17.0 Å². The van der Waals surface area contributed by atoms with Crippen molar-refractivity contribution >= 4 is 5.91 Å². The Morgan fingerprint density at radius 3 is 2.80 bits per heavy atom. The summed E-state index contributed by atoms with van der Waals surface area (Å²) in [6.45, 7) is 0.540. The number of aliphatic hydroxyl groups excluding tert-OH is 1. The molecular weight excluding hydrogens is 197 g/mol. The van der Waals surface area contributed by atoms with Gasteiger partial charge in [0.25, 0.3) is 5.91 Å². The highest BCUT2D eigenvalue weighted by molar-refractivity contribution is 5.95. The van der Waals surface area contributed by atoms with Crippen molar-refractivity contribution in [1.29, 1.82) is 0 Å². The molecule has 1 fully saturated rings. The molecule has 1 saturated heterocycles. The highest BCUT2D eigenvalue weighted by atomic mass is 19.1. The van der Waals surface area contributed by atoms with E-state index in [1.807, 2.05) is 0 Å². The number of rotatable bonds is 2. The highest BCUT2D eigenvalue weighted by Crippen LogP contribution is 2.21. The van der Waals surface area contributed by atoms with Crippen molar-refractivity contribution in [2.75, 3.05) is 13.2 Å². The fraction of sp³-hybridized carbons (Fsp3) is 0.364. The summed E-state index contributed by atoms with van der Waals surface area (Å²) in [5.41, 5.74) is 0.0793. The van der Waals surface area contributed by atoms with Crippen LogP contribution >= 0.6 is 0 Å². The summed E-state index contributed by atoms with van der Waals surface area (Å²) < 4.78 is 13.3. The number of benzene rings is 1. The Bertz CT molecular complexity index is 379. The lowest BCUT2D eigenvalue weighted by molar-refractivity contribution is 0.0292.